The van der Waals surface area contributed by atoms with Crippen LogP contribution in [0, 0.1) is 0 Å². The first kappa shape index (κ1) is 21.9. The van der Waals surface area contributed by atoms with Crippen LogP contribution in [0.3, 0.4) is 0 Å². The van der Waals surface area contributed by atoms with Gasteiger partial charge in [0, 0.05) is 0 Å². The predicted molar refractivity (Wildman–Crippen MR) is 89.4 cm³/mol. The maximum absolute atomic E-state index is 2.45. The van der Waals surface area contributed by atoms with E-state index in [9.17, 15) is 0 Å². The van der Waals surface area contributed by atoms with E-state index in [2.05, 4.69) is 52.0 Å². The standard InChI is InChI=1S/C14H17.C4H11Si.2FH.Zr/c1-3-4-7-12-10-13-8-5-6-9-14(13)11(12)2;1-3-5-4-2;;;/h5-6,8-10H,3-4,7H2,1-2H3;5H,3-4H2,1-2H3;2*1H;/q;;;;+2/p-2. The molecule has 2 rings (SSSR count). The third-order valence-electron chi connectivity index (χ3n) is 4.69. The third kappa shape index (κ3) is 4.71. The van der Waals surface area contributed by atoms with Crippen molar-refractivity contribution in [3.8, 4) is 0 Å². The van der Waals surface area contributed by atoms with Crippen molar-refractivity contribution in [3.63, 3.8) is 0 Å². The van der Waals surface area contributed by atoms with Crippen molar-refractivity contribution in [2.24, 2.45) is 0 Å². The summed E-state index contributed by atoms with van der Waals surface area (Å²) in [6, 6.07) is 12.3. The number of allylic oxidation sites excluding steroid dienone is 2. The van der Waals surface area contributed by atoms with Crippen LogP contribution in [0.1, 0.15) is 61.7 Å². The summed E-state index contributed by atoms with van der Waals surface area (Å²) in [6.45, 7) is 9.61. The molecule has 0 amide bonds. The van der Waals surface area contributed by atoms with E-state index in [-0.39, 0.29) is 37.7 Å². The quantitative estimate of drug-likeness (QED) is 0.544. The van der Waals surface area contributed by atoms with Crippen molar-refractivity contribution in [1.29, 1.82) is 0 Å². The summed E-state index contributed by atoms with van der Waals surface area (Å²) in [5.74, 6) is -0.368. The zero-order chi connectivity index (χ0) is 14.5. The van der Waals surface area contributed by atoms with Crippen LogP contribution < -0.4 is 9.41 Å². The Morgan fingerprint density at radius 1 is 1.05 bits per heavy atom. The van der Waals surface area contributed by atoms with Crippen LogP contribution in [0.4, 0.5) is 0 Å². The molecule has 0 nitrogen and oxygen atoms in total. The minimum Gasteiger partial charge on any atom is -1.00 e. The van der Waals surface area contributed by atoms with Crippen molar-refractivity contribution in [1.82, 2.24) is 0 Å². The number of fused-ring (bicyclic) bond motifs is 1. The second-order valence-corrected chi connectivity index (χ2v) is 19.2. The van der Waals surface area contributed by atoms with E-state index in [1.165, 1.54) is 31.4 Å². The molecule has 4 heteroatoms. The molecule has 1 aromatic carbocycles. The van der Waals surface area contributed by atoms with Gasteiger partial charge in [0.15, 0.2) is 0 Å². The number of hydrogen-bond donors (Lipinski definition) is 0. The molecule has 1 unspecified atom stereocenters. The molecule has 122 valence electrons. The number of rotatable bonds is 7. The summed E-state index contributed by atoms with van der Waals surface area (Å²) < 4.78 is 0.929. The van der Waals surface area contributed by atoms with Crippen molar-refractivity contribution in [2.45, 2.75) is 62.7 Å². The average Bonchev–Trinajstić information content (AvgIpc) is 2.75. The van der Waals surface area contributed by atoms with E-state index < -0.39 is 0 Å². The molecule has 1 atom stereocenters. The fraction of sp³-hybridized carbons (Fsp3) is 0.556. The number of unbranched alkanes of at least 4 members (excludes halogenated alkanes) is 1. The minimum absolute atomic E-state index is 0. The molecule has 0 saturated heterocycles. The van der Waals surface area contributed by atoms with Crippen LogP contribution >= 0.6 is 0 Å². The van der Waals surface area contributed by atoms with Gasteiger partial charge in [0.2, 0.25) is 0 Å². The van der Waals surface area contributed by atoms with Gasteiger partial charge in [-0.2, -0.15) is 0 Å². The fourth-order valence-electron chi connectivity index (χ4n) is 3.32. The molecule has 0 saturated carbocycles. The van der Waals surface area contributed by atoms with Gasteiger partial charge in [0.05, 0.1) is 0 Å². The van der Waals surface area contributed by atoms with Crippen LogP contribution in [0.2, 0.25) is 12.1 Å². The first-order valence-corrected chi connectivity index (χ1v) is 16.2. The molecule has 0 N–H and O–H groups in total. The first-order chi connectivity index (χ1) is 9.72. The molecule has 0 aromatic heterocycles. The Morgan fingerprint density at radius 3 is 2.27 bits per heavy atom. The van der Waals surface area contributed by atoms with Gasteiger partial charge in [-0.15, -0.1) is 0 Å². The van der Waals surface area contributed by atoms with Gasteiger partial charge in [-0.1, -0.05) is 0 Å². The Balaban J connectivity index is 0.00000220. The molecular formula is C18H28F2SiZr. The Hall–Kier alpha value is -0.0800. The van der Waals surface area contributed by atoms with E-state index in [1.54, 1.807) is 16.7 Å². The molecule has 1 aromatic rings. The molecule has 22 heavy (non-hydrogen) atoms. The Bertz CT molecular complexity index is 484. The summed E-state index contributed by atoms with van der Waals surface area (Å²) in [5.41, 5.74) is 6.78. The smallest absolute Gasteiger partial charge is 1.00 e. The summed E-state index contributed by atoms with van der Waals surface area (Å²) in [5, 5.41) is 0. The largest absolute Gasteiger partial charge is 1.00 e. The third-order valence-corrected chi connectivity index (χ3v) is 21.0. The topological polar surface area (TPSA) is 0 Å². The Labute approximate surface area is 146 Å². The van der Waals surface area contributed by atoms with E-state index in [4.69, 9.17) is 0 Å². The normalized spacial score (nSPS) is 16.0. The van der Waals surface area contributed by atoms with Crippen LogP contribution in [0.15, 0.2) is 29.8 Å². The van der Waals surface area contributed by atoms with Gasteiger partial charge >= 0.3 is 138 Å². The van der Waals surface area contributed by atoms with Crippen molar-refractivity contribution < 1.29 is 31.8 Å². The molecule has 0 bridgehead atoms. The van der Waals surface area contributed by atoms with Gasteiger partial charge in [-0.3, -0.25) is 0 Å². The SMILES string of the molecule is CCCCC1=C(C)c2ccccc2[CH]1[Zr+2][SiH](CC)CC.[F-].[F-]. The monoisotopic (exact) mass is 400 g/mol. The van der Waals surface area contributed by atoms with E-state index in [1.807, 2.05) is 5.57 Å². The summed E-state index contributed by atoms with van der Waals surface area (Å²) in [4.78, 5) is 0. The van der Waals surface area contributed by atoms with Gasteiger partial charge < -0.3 is 9.41 Å². The Morgan fingerprint density at radius 2 is 1.68 bits per heavy atom. The van der Waals surface area contributed by atoms with Crippen molar-refractivity contribution in [3.05, 3.63) is 41.0 Å². The number of halogens is 2. The van der Waals surface area contributed by atoms with E-state index in [0.29, 0.717) is 0 Å². The fourth-order valence-corrected chi connectivity index (χ4v) is 16.5. The van der Waals surface area contributed by atoms with Gasteiger partial charge in [0.25, 0.3) is 0 Å². The maximum atomic E-state index is 2.45. The molecular weight excluding hydrogens is 374 g/mol. The second kappa shape index (κ2) is 10.6. The second-order valence-electron chi connectivity index (χ2n) is 5.95. The van der Waals surface area contributed by atoms with E-state index in [0.717, 1.165) is 3.63 Å². The van der Waals surface area contributed by atoms with Crippen LogP contribution in [-0.4, -0.2) is 5.92 Å². The van der Waals surface area contributed by atoms with E-state index >= 15 is 0 Å². The molecule has 1 aliphatic carbocycles. The van der Waals surface area contributed by atoms with Gasteiger partial charge in [-0.05, 0) is 0 Å². The molecule has 0 radical (unpaired) electrons. The summed E-state index contributed by atoms with van der Waals surface area (Å²) in [7, 11) is 0. The number of benzene rings is 1. The maximum Gasteiger partial charge on any atom is -1.00 e. The Kier molecular flexibility index (Phi) is 10.6. The van der Waals surface area contributed by atoms with Crippen LogP contribution in [0.25, 0.3) is 5.57 Å². The summed E-state index contributed by atoms with van der Waals surface area (Å²) >= 11 is -0.251. The number of hydrogen-bond acceptors (Lipinski definition) is 0. The van der Waals surface area contributed by atoms with Crippen molar-refractivity contribution in [2.75, 3.05) is 0 Å². The molecule has 0 heterocycles. The first-order valence-electron chi connectivity index (χ1n) is 8.27. The van der Waals surface area contributed by atoms with Crippen molar-refractivity contribution >= 4 is 11.5 Å². The predicted octanol–water partition coefficient (Wildman–Crippen LogP) is -0.441. The molecule has 0 spiro atoms. The average molecular weight is 402 g/mol. The zero-order valence-corrected chi connectivity index (χ0v) is 17.9. The summed E-state index contributed by atoms with van der Waals surface area (Å²) in [6.07, 6.45) is 4.06. The molecule has 1 aliphatic rings. The zero-order valence-electron chi connectivity index (χ0n) is 14.3. The molecule has 0 fully saturated rings. The van der Waals surface area contributed by atoms with Crippen LogP contribution in [0.5, 0.6) is 0 Å². The minimum atomic E-state index is -0.368. The molecule has 0 aliphatic heterocycles. The van der Waals surface area contributed by atoms with Crippen LogP contribution in [-0.2, 0) is 22.4 Å². The van der Waals surface area contributed by atoms with Gasteiger partial charge in [-0.25, -0.2) is 0 Å². The van der Waals surface area contributed by atoms with Gasteiger partial charge in [0.1, 0.15) is 0 Å².